The van der Waals surface area contributed by atoms with Gasteiger partial charge in [0.05, 0.1) is 0 Å². The topological polar surface area (TPSA) is 50.4 Å². The monoisotopic (exact) mass is 298 g/mol. The predicted molar refractivity (Wildman–Crippen MR) is 82.5 cm³/mol. The summed E-state index contributed by atoms with van der Waals surface area (Å²) < 4.78 is 5.50. The van der Waals surface area contributed by atoms with Crippen LogP contribution in [0.15, 0.2) is 24.3 Å². The molecule has 0 aromatic heterocycles. The van der Waals surface area contributed by atoms with Gasteiger partial charge in [-0.3, -0.25) is 4.79 Å². The molecular formula is C15H23ClN2O2. The van der Waals surface area contributed by atoms with E-state index in [2.05, 4.69) is 17.6 Å². The Hall–Kier alpha value is -1.26. The van der Waals surface area contributed by atoms with Crippen LogP contribution in [0.1, 0.15) is 18.9 Å². The molecule has 4 nitrogen and oxygen atoms in total. The zero-order chi connectivity index (χ0) is 13.7. The number of aryl methyl sites for hydroxylation is 1. The van der Waals surface area contributed by atoms with E-state index in [1.807, 2.05) is 31.2 Å². The summed E-state index contributed by atoms with van der Waals surface area (Å²) in [7, 11) is 0. The Kier molecular flexibility index (Phi) is 6.82. The maximum absolute atomic E-state index is 11.9. The van der Waals surface area contributed by atoms with Crippen LogP contribution in [0.3, 0.4) is 0 Å². The van der Waals surface area contributed by atoms with Gasteiger partial charge in [-0.1, -0.05) is 19.1 Å². The highest BCUT2D eigenvalue weighted by Gasteiger charge is 2.22. The molecule has 1 heterocycles. The number of benzene rings is 1. The van der Waals surface area contributed by atoms with Crippen molar-refractivity contribution in [2.75, 3.05) is 19.7 Å². The Morgan fingerprint density at radius 2 is 2.30 bits per heavy atom. The minimum Gasteiger partial charge on any atom is -0.484 e. The minimum atomic E-state index is -0.0414. The van der Waals surface area contributed by atoms with E-state index in [1.54, 1.807) is 0 Å². The number of hydrogen-bond donors (Lipinski definition) is 2. The third-order valence-electron chi connectivity index (χ3n) is 3.49. The minimum absolute atomic E-state index is 0. The van der Waals surface area contributed by atoms with Crippen molar-refractivity contribution in [2.45, 2.75) is 26.3 Å². The summed E-state index contributed by atoms with van der Waals surface area (Å²) in [4.78, 5) is 11.9. The SMILES string of the molecule is Cc1cccc(OCC(=O)NC2CCNCC2C)c1.Cl. The number of halogens is 1. The summed E-state index contributed by atoms with van der Waals surface area (Å²) in [6, 6.07) is 7.99. The number of amides is 1. The largest absolute Gasteiger partial charge is 0.484 e. The second-order valence-corrected chi connectivity index (χ2v) is 5.25. The molecule has 5 heteroatoms. The number of ether oxygens (including phenoxy) is 1. The van der Waals surface area contributed by atoms with Crippen molar-refractivity contribution in [1.29, 1.82) is 0 Å². The maximum atomic E-state index is 11.9. The summed E-state index contributed by atoms with van der Waals surface area (Å²) in [5.74, 6) is 1.17. The van der Waals surface area contributed by atoms with Crippen LogP contribution in [0.25, 0.3) is 0 Å². The average Bonchev–Trinajstić information content (AvgIpc) is 2.39. The lowest BCUT2D eigenvalue weighted by molar-refractivity contribution is -0.124. The fraction of sp³-hybridized carbons (Fsp3) is 0.533. The molecule has 1 aliphatic heterocycles. The summed E-state index contributed by atoms with van der Waals surface area (Å²) >= 11 is 0. The Balaban J connectivity index is 0.00000200. The van der Waals surface area contributed by atoms with Gasteiger partial charge in [-0.05, 0) is 50.0 Å². The highest BCUT2D eigenvalue weighted by Crippen LogP contribution is 2.13. The third kappa shape index (κ3) is 5.02. The highest BCUT2D eigenvalue weighted by molar-refractivity contribution is 5.85. The van der Waals surface area contributed by atoms with E-state index in [-0.39, 0.29) is 31.0 Å². The molecule has 1 aromatic rings. The van der Waals surface area contributed by atoms with E-state index in [0.717, 1.165) is 30.8 Å². The van der Waals surface area contributed by atoms with Crippen molar-refractivity contribution in [3.8, 4) is 5.75 Å². The number of carbonyl (C=O) groups is 1. The van der Waals surface area contributed by atoms with E-state index in [4.69, 9.17) is 4.74 Å². The van der Waals surface area contributed by atoms with Crippen molar-refractivity contribution >= 4 is 18.3 Å². The number of hydrogen-bond acceptors (Lipinski definition) is 3. The quantitative estimate of drug-likeness (QED) is 0.893. The molecule has 2 rings (SSSR count). The molecule has 1 aromatic carbocycles. The van der Waals surface area contributed by atoms with Gasteiger partial charge in [-0.25, -0.2) is 0 Å². The van der Waals surface area contributed by atoms with Gasteiger partial charge in [0.25, 0.3) is 5.91 Å². The van der Waals surface area contributed by atoms with Crippen molar-refractivity contribution in [1.82, 2.24) is 10.6 Å². The standard InChI is InChI=1S/C15H22N2O2.ClH/c1-11-4-3-5-13(8-11)19-10-15(18)17-14-6-7-16-9-12(14)2;/h3-5,8,12,14,16H,6-7,9-10H2,1-2H3,(H,17,18);1H. The van der Waals surface area contributed by atoms with Crippen LogP contribution in [-0.4, -0.2) is 31.6 Å². The first kappa shape index (κ1) is 16.8. The normalized spacial score (nSPS) is 21.7. The first-order valence-corrected chi connectivity index (χ1v) is 6.84. The first-order valence-electron chi connectivity index (χ1n) is 6.84. The molecule has 2 unspecified atom stereocenters. The molecule has 1 aliphatic rings. The van der Waals surface area contributed by atoms with Crippen molar-refractivity contribution in [3.05, 3.63) is 29.8 Å². The van der Waals surface area contributed by atoms with Crippen LogP contribution in [0.2, 0.25) is 0 Å². The van der Waals surface area contributed by atoms with E-state index >= 15 is 0 Å². The zero-order valence-electron chi connectivity index (χ0n) is 12.0. The van der Waals surface area contributed by atoms with Gasteiger partial charge in [0.1, 0.15) is 5.75 Å². The second-order valence-electron chi connectivity index (χ2n) is 5.25. The molecule has 0 spiro atoms. The van der Waals surface area contributed by atoms with Crippen molar-refractivity contribution < 1.29 is 9.53 Å². The predicted octanol–water partition coefficient (Wildman–Crippen LogP) is 1.91. The molecule has 1 amide bonds. The number of piperidine rings is 1. The third-order valence-corrected chi connectivity index (χ3v) is 3.49. The van der Waals surface area contributed by atoms with Gasteiger partial charge < -0.3 is 15.4 Å². The van der Waals surface area contributed by atoms with Crippen molar-refractivity contribution in [2.24, 2.45) is 5.92 Å². The lowest BCUT2D eigenvalue weighted by Crippen LogP contribution is -2.49. The molecule has 0 radical (unpaired) electrons. The maximum Gasteiger partial charge on any atom is 0.258 e. The highest BCUT2D eigenvalue weighted by atomic mass is 35.5. The molecule has 2 N–H and O–H groups in total. The molecule has 0 bridgehead atoms. The van der Waals surface area contributed by atoms with Gasteiger partial charge >= 0.3 is 0 Å². The molecule has 1 fully saturated rings. The van der Waals surface area contributed by atoms with E-state index in [1.165, 1.54) is 0 Å². The summed E-state index contributed by atoms with van der Waals surface area (Å²) in [5.41, 5.74) is 1.13. The van der Waals surface area contributed by atoms with Crippen LogP contribution in [-0.2, 0) is 4.79 Å². The molecule has 0 aliphatic carbocycles. The van der Waals surface area contributed by atoms with Crippen LogP contribution in [0.5, 0.6) is 5.75 Å². The molecular weight excluding hydrogens is 276 g/mol. The summed E-state index contributed by atoms with van der Waals surface area (Å²) in [6.45, 7) is 6.17. The second kappa shape index (κ2) is 8.12. The average molecular weight is 299 g/mol. The van der Waals surface area contributed by atoms with Crippen LogP contribution in [0, 0.1) is 12.8 Å². The van der Waals surface area contributed by atoms with Gasteiger partial charge in [-0.2, -0.15) is 0 Å². The number of nitrogens with one attached hydrogen (secondary N) is 2. The summed E-state index contributed by atoms with van der Waals surface area (Å²) in [6.07, 6.45) is 0.983. The lowest BCUT2D eigenvalue weighted by Gasteiger charge is -2.30. The van der Waals surface area contributed by atoms with E-state index in [9.17, 15) is 4.79 Å². The fourth-order valence-corrected chi connectivity index (χ4v) is 2.33. The Morgan fingerprint density at radius 3 is 3.00 bits per heavy atom. The molecule has 2 atom stereocenters. The summed E-state index contributed by atoms with van der Waals surface area (Å²) in [5, 5.41) is 6.37. The molecule has 112 valence electrons. The van der Waals surface area contributed by atoms with Crippen LogP contribution in [0.4, 0.5) is 0 Å². The van der Waals surface area contributed by atoms with Gasteiger partial charge in [-0.15, -0.1) is 12.4 Å². The van der Waals surface area contributed by atoms with Gasteiger partial charge in [0.15, 0.2) is 6.61 Å². The zero-order valence-corrected chi connectivity index (χ0v) is 12.8. The van der Waals surface area contributed by atoms with Crippen molar-refractivity contribution in [3.63, 3.8) is 0 Å². The fourth-order valence-electron chi connectivity index (χ4n) is 2.33. The molecule has 1 saturated heterocycles. The Morgan fingerprint density at radius 1 is 1.50 bits per heavy atom. The van der Waals surface area contributed by atoms with Gasteiger partial charge in [0.2, 0.25) is 0 Å². The Labute approximate surface area is 126 Å². The molecule has 20 heavy (non-hydrogen) atoms. The van der Waals surface area contributed by atoms with Crippen LogP contribution >= 0.6 is 12.4 Å². The Bertz CT molecular complexity index is 440. The smallest absolute Gasteiger partial charge is 0.258 e. The molecule has 0 saturated carbocycles. The number of carbonyl (C=O) groups excluding carboxylic acids is 1. The number of rotatable bonds is 4. The van der Waals surface area contributed by atoms with Crippen LogP contribution < -0.4 is 15.4 Å². The van der Waals surface area contributed by atoms with E-state index in [0.29, 0.717) is 5.92 Å². The first-order chi connectivity index (χ1) is 9.15. The van der Waals surface area contributed by atoms with Gasteiger partial charge in [0, 0.05) is 6.04 Å². The lowest BCUT2D eigenvalue weighted by atomic mass is 9.95. The van der Waals surface area contributed by atoms with E-state index < -0.39 is 0 Å².